The van der Waals surface area contributed by atoms with Gasteiger partial charge in [0, 0.05) is 24.2 Å². The summed E-state index contributed by atoms with van der Waals surface area (Å²) in [6.45, 7) is 2.00. The van der Waals surface area contributed by atoms with Crippen LogP contribution in [0.25, 0.3) is 0 Å². The minimum Gasteiger partial charge on any atom is -0.369 e. The van der Waals surface area contributed by atoms with Crippen molar-refractivity contribution in [3.05, 3.63) is 29.8 Å². The number of hydrogen-bond acceptors (Lipinski definition) is 3. The maximum Gasteiger partial charge on any atom is 0.220 e. The molecule has 1 aliphatic carbocycles. The fourth-order valence-corrected chi connectivity index (χ4v) is 2.66. The number of nitrogens with two attached hydrogens (primary N) is 1. The van der Waals surface area contributed by atoms with Gasteiger partial charge in [0.15, 0.2) is 0 Å². The Bertz CT molecular complexity index is 444. The van der Waals surface area contributed by atoms with E-state index >= 15 is 0 Å². The molecule has 0 saturated heterocycles. The van der Waals surface area contributed by atoms with E-state index in [1.165, 1.54) is 12.3 Å². The quantitative estimate of drug-likeness (QED) is 0.874. The van der Waals surface area contributed by atoms with Gasteiger partial charge in [-0.05, 0) is 44.2 Å². The number of rotatable bonds is 4. The van der Waals surface area contributed by atoms with Crippen LogP contribution in [0.3, 0.4) is 0 Å². The lowest BCUT2D eigenvalue weighted by atomic mass is 9.85. The molecule has 0 radical (unpaired) electrons. The first kappa shape index (κ1) is 13.9. The Morgan fingerprint density at radius 2 is 2.11 bits per heavy atom. The van der Waals surface area contributed by atoms with Crippen molar-refractivity contribution < 1.29 is 9.18 Å². The third kappa shape index (κ3) is 3.73. The Morgan fingerprint density at radius 1 is 1.42 bits per heavy atom. The van der Waals surface area contributed by atoms with E-state index in [1.807, 2.05) is 6.92 Å². The fraction of sp³-hybridized carbons (Fsp3) is 0.571. The minimum atomic E-state index is -0.316. The fourth-order valence-electron chi connectivity index (χ4n) is 2.66. The van der Waals surface area contributed by atoms with Crippen LogP contribution in [0.15, 0.2) is 18.5 Å². The standard InChI is InChI=1S/C14H20FN3O/c1-9(11-6-12(15)8-17-7-11)18-13-4-2-10(3-5-13)14(16)19/h6-10,13,18H,2-5H2,1H3,(H2,16,19). The first-order chi connectivity index (χ1) is 9.06. The summed E-state index contributed by atoms with van der Waals surface area (Å²) >= 11 is 0. The Hall–Kier alpha value is -1.49. The SMILES string of the molecule is CC(NC1CCC(C(N)=O)CC1)c1cncc(F)c1. The summed E-state index contributed by atoms with van der Waals surface area (Å²) in [5, 5.41) is 3.46. The molecule has 0 aromatic carbocycles. The monoisotopic (exact) mass is 265 g/mol. The molecule has 2 rings (SSSR count). The summed E-state index contributed by atoms with van der Waals surface area (Å²) in [6.07, 6.45) is 6.41. The van der Waals surface area contributed by atoms with Crippen molar-refractivity contribution in [2.24, 2.45) is 11.7 Å². The highest BCUT2D eigenvalue weighted by molar-refractivity contribution is 5.76. The summed E-state index contributed by atoms with van der Waals surface area (Å²) in [5.41, 5.74) is 6.16. The molecule has 1 saturated carbocycles. The topological polar surface area (TPSA) is 68.0 Å². The molecule has 0 aliphatic heterocycles. The normalized spacial score (nSPS) is 24.9. The van der Waals surface area contributed by atoms with Crippen molar-refractivity contribution >= 4 is 5.91 Å². The lowest BCUT2D eigenvalue weighted by molar-refractivity contribution is -0.122. The van der Waals surface area contributed by atoms with E-state index in [1.54, 1.807) is 6.20 Å². The third-order valence-corrected chi connectivity index (χ3v) is 3.84. The Morgan fingerprint density at radius 3 is 2.68 bits per heavy atom. The number of pyridine rings is 1. The van der Waals surface area contributed by atoms with Crippen LogP contribution < -0.4 is 11.1 Å². The number of nitrogens with zero attached hydrogens (tertiary/aromatic N) is 1. The number of aromatic nitrogens is 1. The predicted octanol–water partition coefficient (Wildman–Crippen LogP) is 1.92. The van der Waals surface area contributed by atoms with Crippen molar-refractivity contribution in [2.45, 2.75) is 44.7 Å². The number of nitrogens with one attached hydrogen (secondary N) is 1. The van der Waals surface area contributed by atoms with E-state index < -0.39 is 0 Å². The molecule has 104 valence electrons. The first-order valence-electron chi connectivity index (χ1n) is 6.72. The van der Waals surface area contributed by atoms with Gasteiger partial charge in [0.2, 0.25) is 5.91 Å². The number of carbonyl (C=O) groups is 1. The summed E-state index contributed by atoms with van der Waals surface area (Å²) < 4.78 is 13.1. The predicted molar refractivity (Wildman–Crippen MR) is 70.7 cm³/mol. The van der Waals surface area contributed by atoms with Crippen molar-refractivity contribution in [3.8, 4) is 0 Å². The lowest BCUT2D eigenvalue weighted by Gasteiger charge is -2.30. The van der Waals surface area contributed by atoms with E-state index in [4.69, 9.17) is 5.73 Å². The molecule has 5 heteroatoms. The van der Waals surface area contributed by atoms with E-state index in [0.717, 1.165) is 31.2 Å². The zero-order chi connectivity index (χ0) is 13.8. The molecule has 1 aromatic heterocycles. The average Bonchev–Trinajstić information content (AvgIpc) is 2.39. The Labute approximate surface area is 112 Å². The molecule has 0 spiro atoms. The van der Waals surface area contributed by atoms with E-state index in [0.29, 0.717) is 6.04 Å². The van der Waals surface area contributed by atoms with Gasteiger partial charge >= 0.3 is 0 Å². The molecular formula is C14H20FN3O. The number of amides is 1. The number of halogens is 1. The molecule has 0 bridgehead atoms. The Kier molecular flexibility index (Phi) is 4.47. The smallest absolute Gasteiger partial charge is 0.220 e. The molecular weight excluding hydrogens is 245 g/mol. The van der Waals surface area contributed by atoms with Gasteiger partial charge < -0.3 is 11.1 Å². The van der Waals surface area contributed by atoms with Crippen LogP contribution in [-0.4, -0.2) is 16.9 Å². The van der Waals surface area contributed by atoms with Gasteiger partial charge in [-0.2, -0.15) is 0 Å². The number of primary amides is 1. The molecule has 1 atom stereocenters. The second-order valence-corrected chi connectivity index (χ2v) is 5.28. The third-order valence-electron chi connectivity index (χ3n) is 3.84. The van der Waals surface area contributed by atoms with Crippen molar-refractivity contribution in [1.29, 1.82) is 0 Å². The summed E-state index contributed by atoms with van der Waals surface area (Å²) in [7, 11) is 0. The van der Waals surface area contributed by atoms with Gasteiger partial charge in [0.25, 0.3) is 0 Å². The zero-order valence-corrected chi connectivity index (χ0v) is 11.1. The van der Waals surface area contributed by atoms with E-state index in [9.17, 15) is 9.18 Å². The molecule has 4 nitrogen and oxygen atoms in total. The van der Waals surface area contributed by atoms with Crippen LogP contribution in [-0.2, 0) is 4.79 Å². The summed E-state index contributed by atoms with van der Waals surface area (Å²) in [4.78, 5) is 15.0. The van der Waals surface area contributed by atoms with E-state index in [-0.39, 0.29) is 23.7 Å². The largest absolute Gasteiger partial charge is 0.369 e. The van der Waals surface area contributed by atoms with Crippen molar-refractivity contribution in [3.63, 3.8) is 0 Å². The van der Waals surface area contributed by atoms with Gasteiger partial charge in [-0.25, -0.2) is 4.39 Å². The maximum absolute atomic E-state index is 13.1. The lowest BCUT2D eigenvalue weighted by Crippen LogP contribution is -2.37. The minimum absolute atomic E-state index is 0.0178. The van der Waals surface area contributed by atoms with Crippen LogP contribution in [0.4, 0.5) is 4.39 Å². The highest BCUT2D eigenvalue weighted by Gasteiger charge is 2.25. The zero-order valence-electron chi connectivity index (χ0n) is 11.1. The van der Waals surface area contributed by atoms with Crippen LogP contribution in [0.5, 0.6) is 0 Å². The van der Waals surface area contributed by atoms with Crippen LogP contribution in [0.2, 0.25) is 0 Å². The maximum atomic E-state index is 13.1. The van der Waals surface area contributed by atoms with Crippen LogP contribution in [0.1, 0.15) is 44.2 Å². The first-order valence-corrected chi connectivity index (χ1v) is 6.72. The van der Waals surface area contributed by atoms with Crippen molar-refractivity contribution in [2.75, 3.05) is 0 Å². The molecule has 1 fully saturated rings. The molecule has 1 amide bonds. The summed E-state index contributed by atoms with van der Waals surface area (Å²) in [5.74, 6) is -0.492. The van der Waals surface area contributed by atoms with Crippen LogP contribution in [0, 0.1) is 11.7 Å². The highest BCUT2D eigenvalue weighted by Crippen LogP contribution is 2.25. The van der Waals surface area contributed by atoms with Gasteiger partial charge in [0.1, 0.15) is 5.82 Å². The van der Waals surface area contributed by atoms with Gasteiger partial charge in [0.05, 0.1) is 6.20 Å². The van der Waals surface area contributed by atoms with Crippen LogP contribution >= 0.6 is 0 Å². The molecule has 19 heavy (non-hydrogen) atoms. The molecule has 1 heterocycles. The molecule has 3 N–H and O–H groups in total. The summed E-state index contributed by atoms with van der Waals surface area (Å²) in [6, 6.07) is 1.91. The second-order valence-electron chi connectivity index (χ2n) is 5.28. The second kappa shape index (κ2) is 6.10. The van der Waals surface area contributed by atoms with Gasteiger partial charge in [-0.1, -0.05) is 0 Å². The molecule has 1 aromatic rings. The average molecular weight is 265 g/mol. The number of carbonyl (C=O) groups excluding carboxylic acids is 1. The van der Waals surface area contributed by atoms with Crippen molar-refractivity contribution in [1.82, 2.24) is 10.3 Å². The number of hydrogen-bond donors (Lipinski definition) is 2. The molecule has 1 unspecified atom stereocenters. The van der Waals surface area contributed by atoms with Gasteiger partial charge in [-0.3, -0.25) is 9.78 Å². The molecule has 1 aliphatic rings. The van der Waals surface area contributed by atoms with Gasteiger partial charge in [-0.15, -0.1) is 0 Å². The highest BCUT2D eigenvalue weighted by atomic mass is 19.1. The van der Waals surface area contributed by atoms with E-state index in [2.05, 4.69) is 10.3 Å². The Balaban J connectivity index is 1.87.